The fraction of sp³-hybridized carbons (Fsp3) is 0.833. The maximum atomic E-state index is 10.1. The molecule has 0 saturated heterocycles. The Bertz CT molecular complexity index is 116. The SMILES string of the molecule is F.F.F.NCCCCC(N)C(=O)O. The predicted molar refractivity (Wildman–Crippen MR) is 46.0 cm³/mol. The molecular formula is C6H17F3N2O2. The average molecular weight is 206 g/mol. The van der Waals surface area contributed by atoms with E-state index in [1.807, 2.05) is 0 Å². The molecule has 0 amide bonds. The number of nitrogens with two attached hydrogens (primary N) is 2. The molecule has 4 nitrogen and oxygen atoms in total. The van der Waals surface area contributed by atoms with E-state index in [9.17, 15) is 4.79 Å². The van der Waals surface area contributed by atoms with E-state index in [0.717, 1.165) is 12.8 Å². The second-order valence-corrected chi connectivity index (χ2v) is 2.23. The van der Waals surface area contributed by atoms with Gasteiger partial charge in [-0.05, 0) is 19.4 Å². The number of aliphatic carboxylic acids is 1. The molecule has 0 aliphatic carbocycles. The maximum absolute atomic E-state index is 10.1. The van der Waals surface area contributed by atoms with Crippen molar-refractivity contribution in [3.63, 3.8) is 0 Å². The van der Waals surface area contributed by atoms with E-state index >= 15 is 0 Å². The molecule has 0 rings (SSSR count). The zero-order valence-corrected chi connectivity index (χ0v) is 7.14. The van der Waals surface area contributed by atoms with Gasteiger partial charge in [-0.15, -0.1) is 0 Å². The fourth-order valence-corrected chi connectivity index (χ4v) is 0.632. The molecular weight excluding hydrogens is 189 g/mol. The summed E-state index contributed by atoms with van der Waals surface area (Å²) in [6, 6.07) is -0.716. The Labute approximate surface area is 74.4 Å². The van der Waals surface area contributed by atoms with E-state index in [-0.39, 0.29) is 14.1 Å². The predicted octanol–water partition coefficient (Wildman–Crippen LogP) is -0.0152. The molecule has 7 heteroatoms. The van der Waals surface area contributed by atoms with Crippen LogP contribution in [0.25, 0.3) is 0 Å². The standard InChI is InChI=1S/C6H14N2O2.3FH/c7-4-2-1-3-5(8)6(9)10;;;/h5H,1-4,7-8H2,(H,9,10);3*1H. The number of carboxylic acid groups (broad SMARTS) is 1. The molecule has 0 heterocycles. The number of hydrogen-bond donors (Lipinski definition) is 3. The summed E-state index contributed by atoms with van der Waals surface area (Å²) in [7, 11) is 0. The largest absolute Gasteiger partial charge is 0.480 e. The van der Waals surface area contributed by atoms with Gasteiger partial charge in [0.25, 0.3) is 0 Å². The fourth-order valence-electron chi connectivity index (χ4n) is 0.632. The zero-order chi connectivity index (χ0) is 7.98. The Morgan fingerprint density at radius 1 is 1.23 bits per heavy atom. The van der Waals surface area contributed by atoms with Crippen molar-refractivity contribution < 1.29 is 24.0 Å². The lowest BCUT2D eigenvalue weighted by atomic mass is 10.1. The summed E-state index contributed by atoms with van der Waals surface area (Å²) in [4.78, 5) is 10.1. The van der Waals surface area contributed by atoms with E-state index in [1.165, 1.54) is 0 Å². The molecule has 0 aliphatic heterocycles. The average Bonchev–Trinajstić information content (AvgIpc) is 1.88. The van der Waals surface area contributed by atoms with Gasteiger partial charge in [0, 0.05) is 0 Å². The van der Waals surface area contributed by atoms with Gasteiger partial charge in [-0.25, -0.2) is 0 Å². The van der Waals surface area contributed by atoms with Gasteiger partial charge < -0.3 is 16.6 Å². The molecule has 5 N–H and O–H groups in total. The van der Waals surface area contributed by atoms with Gasteiger partial charge in [0.05, 0.1) is 0 Å². The van der Waals surface area contributed by atoms with Crippen molar-refractivity contribution in [1.29, 1.82) is 0 Å². The first-order valence-electron chi connectivity index (χ1n) is 3.37. The molecule has 13 heavy (non-hydrogen) atoms. The summed E-state index contributed by atoms with van der Waals surface area (Å²) in [6.45, 7) is 0.604. The maximum Gasteiger partial charge on any atom is 0.320 e. The van der Waals surface area contributed by atoms with Gasteiger partial charge in [-0.2, -0.15) is 0 Å². The minimum Gasteiger partial charge on any atom is -0.480 e. The molecule has 0 spiro atoms. The van der Waals surface area contributed by atoms with Crippen LogP contribution >= 0.6 is 0 Å². The van der Waals surface area contributed by atoms with Crippen LogP contribution in [0.5, 0.6) is 0 Å². The van der Waals surface area contributed by atoms with E-state index in [0.29, 0.717) is 13.0 Å². The van der Waals surface area contributed by atoms with Crippen LogP contribution in [0, 0.1) is 0 Å². The molecule has 0 aromatic carbocycles. The lowest BCUT2D eigenvalue weighted by molar-refractivity contribution is -0.138. The number of halogens is 3. The summed E-state index contributed by atoms with van der Waals surface area (Å²) >= 11 is 0. The second kappa shape index (κ2) is 13.7. The number of carbonyl (C=O) groups is 1. The van der Waals surface area contributed by atoms with Crippen LogP contribution in [-0.2, 0) is 4.79 Å². The van der Waals surface area contributed by atoms with Crippen molar-refractivity contribution in [2.24, 2.45) is 11.5 Å². The van der Waals surface area contributed by atoms with Gasteiger partial charge in [0.1, 0.15) is 6.04 Å². The summed E-state index contributed by atoms with van der Waals surface area (Å²) in [5.41, 5.74) is 10.4. The molecule has 0 aromatic heterocycles. The molecule has 0 bridgehead atoms. The molecule has 1 unspecified atom stereocenters. The Morgan fingerprint density at radius 2 is 1.69 bits per heavy atom. The third-order valence-electron chi connectivity index (χ3n) is 1.29. The van der Waals surface area contributed by atoms with E-state index in [2.05, 4.69) is 0 Å². The number of hydrogen-bond acceptors (Lipinski definition) is 3. The van der Waals surface area contributed by atoms with Crippen molar-refractivity contribution in [1.82, 2.24) is 0 Å². The van der Waals surface area contributed by atoms with Crippen LogP contribution < -0.4 is 11.5 Å². The molecule has 0 radical (unpaired) electrons. The molecule has 0 aliphatic rings. The Balaban J connectivity index is -0.000000135. The summed E-state index contributed by atoms with van der Waals surface area (Å²) in [5.74, 6) is -0.933. The highest BCUT2D eigenvalue weighted by Gasteiger charge is 2.09. The third-order valence-corrected chi connectivity index (χ3v) is 1.29. The Hall–Kier alpha value is -0.820. The van der Waals surface area contributed by atoms with E-state index < -0.39 is 12.0 Å². The first-order valence-corrected chi connectivity index (χ1v) is 3.37. The van der Waals surface area contributed by atoms with Crippen LogP contribution in [0.2, 0.25) is 0 Å². The van der Waals surface area contributed by atoms with E-state index in [4.69, 9.17) is 16.6 Å². The van der Waals surface area contributed by atoms with Crippen LogP contribution in [-0.4, -0.2) is 23.7 Å². The second-order valence-electron chi connectivity index (χ2n) is 2.23. The molecule has 0 aromatic rings. The van der Waals surface area contributed by atoms with Crippen LogP contribution in [0.4, 0.5) is 14.1 Å². The van der Waals surface area contributed by atoms with Crippen LogP contribution in [0.15, 0.2) is 0 Å². The zero-order valence-electron chi connectivity index (χ0n) is 7.14. The molecule has 0 saturated carbocycles. The summed E-state index contributed by atoms with van der Waals surface area (Å²) < 4.78 is 0. The topological polar surface area (TPSA) is 89.3 Å². The minimum atomic E-state index is -0.933. The normalized spacial score (nSPS) is 10.0. The third kappa shape index (κ3) is 14.1. The van der Waals surface area contributed by atoms with Crippen molar-refractivity contribution in [2.75, 3.05) is 6.54 Å². The van der Waals surface area contributed by atoms with Crippen molar-refractivity contribution >= 4 is 5.97 Å². The van der Waals surface area contributed by atoms with Crippen LogP contribution in [0.3, 0.4) is 0 Å². The lowest BCUT2D eigenvalue weighted by Gasteiger charge is -2.03. The van der Waals surface area contributed by atoms with Crippen molar-refractivity contribution in [3.8, 4) is 0 Å². The lowest BCUT2D eigenvalue weighted by Crippen LogP contribution is -2.29. The molecule has 0 fully saturated rings. The van der Waals surface area contributed by atoms with E-state index in [1.54, 1.807) is 0 Å². The number of unbranched alkanes of at least 4 members (excludes halogenated alkanes) is 1. The molecule has 1 atom stereocenters. The van der Waals surface area contributed by atoms with Gasteiger partial charge >= 0.3 is 5.97 Å². The first-order chi connectivity index (χ1) is 4.68. The monoisotopic (exact) mass is 206 g/mol. The number of carboxylic acids is 1. The first kappa shape index (κ1) is 22.8. The highest BCUT2D eigenvalue weighted by atomic mass is 19.0. The highest BCUT2D eigenvalue weighted by Crippen LogP contribution is 1.96. The van der Waals surface area contributed by atoms with Gasteiger partial charge in [0.2, 0.25) is 0 Å². The quantitative estimate of drug-likeness (QED) is 0.552. The summed E-state index contributed by atoms with van der Waals surface area (Å²) in [6.07, 6.45) is 2.16. The molecule has 84 valence electrons. The van der Waals surface area contributed by atoms with Gasteiger partial charge in [-0.1, -0.05) is 6.42 Å². The number of rotatable bonds is 5. The minimum absolute atomic E-state index is 0. The van der Waals surface area contributed by atoms with Crippen molar-refractivity contribution in [2.45, 2.75) is 25.3 Å². The Kier molecular flexibility index (Phi) is 24.1. The smallest absolute Gasteiger partial charge is 0.320 e. The van der Waals surface area contributed by atoms with Crippen LogP contribution in [0.1, 0.15) is 19.3 Å². The van der Waals surface area contributed by atoms with Gasteiger partial charge in [0.15, 0.2) is 0 Å². The van der Waals surface area contributed by atoms with Crippen molar-refractivity contribution in [3.05, 3.63) is 0 Å². The summed E-state index contributed by atoms with van der Waals surface area (Å²) in [5, 5.41) is 8.33. The Morgan fingerprint density at radius 3 is 2.00 bits per heavy atom. The highest BCUT2D eigenvalue weighted by molar-refractivity contribution is 5.72. The van der Waals surface area contributed by atoms with Gasteiger partial charge in [-0.3, -0.25) is 18.9 Å².